The number of carbonyl (C=O) groups excluding carboxylic acids is 1. The average Bonchev–Trinajstić information content (AvgIpc) is 3.11. The van der Waals surface area contributed by atoms with Crippen LogP contribution in [0.3, 0.4) is 0 Å². The molecule has 0 aliphatic carbocycles. The van der Waals surface area contributed by atoms with Crippen LogP contribution in [0.15, 0.2) is 46.0 Å². The van der Waals surface area contributed by atoms with Gasteiger partial charge in [-0.25, -0.2) is 4.99 Å². The number of benzene rings is 1. The van der Waals surface area contributed by atoms with Crippen molar-refractivity contribution in [3.8, 4) is 0 Å². The van der Waals surface area contributed by atoms with Gasteiger partial charge in [0, 0.05) is 31.2 Å². The fourth-order valence-corrected chi connectivity index (χ4v) is 4.24. The van der Waals surface area contributed by atoms with Crippen molar-refractivity contribution in [2.75, 3.05) is 19.6 Å². The summed E-state index contributed by atoms with van der Waals surface area (Å²) < 4.78 is 5.84. The maximum Gasteiger partial charge on any atom is 0.258 e. The van der Waals surface area contributed by atoms with Gasteiger partial charge in [-0.1, -0.05) is 52.5 Å². The van der Waals surface area contributed by atoms with E-state index in [9.17, 15) is 4.79 Å². The number of aliphatic imine (C=N–C) groups is 1. The van der Waals surface area contributed by atoms with E-state index in [2.05, 4.69) is 51.1 Å². The predicted octanol–water partition coefficient (Wildman–Crippen LogP) is 5.52. The van der Waals surface area contributed by atoms with Crippen LogP contribution >= 0.6 is 0 Å². The minimum atomic E-state index is -0.364. The van der Waals surface area contributed by atoms with Crippen molar-refractivity contribution in [2.45, 2.75) is 53.5 Å². The Morgan fingerprint density at radius 1 is 1.31 bits per heavy atom. The summed E-state index contributed by atoms with van der Waals surface area (Å²) in [6, 6.07) is 7.68. The predicted molar refractivity (Wildman–Crippen MR) is 132 cm³/mol. The Balaban J connectivity index is 1.85. The third-order valence-electron chi connectivity index (χ3n) is 6.94. The second-order valence-corrected chi connectivity index (χ2v) is 9.38. The highest BCUT2D eigenvalue weighted by Crippen LogP contribution is 2.34. The second-order valence-electron chi connectivity index (χ2n) is 9.38. The minimum absolute atomic E-state index is 0.00513. The first-order chi connectivity index (χ1) is 15.1. The molecule has 0 spiro atoms. The lowest BCUT2D eigenvalue weighted by atomic mass is 9.83. The number of rotatable bonds is 6. The quantitative estimate of drug-likeness (QED) is 0.478. The Morgan fingerprint density at radius 3 is 2.66 bits per heavy atom. The second kappa shape index (κ2) is 9.31. The summed E-state index contributed by atoms with van der Waals surface area (Å²) in [7, 11) is 0. The highest BCUT2D eigenvalue weighted by atomic mass is 16.3. The number of amides is 1. The van der Waals surface area contributed by atoms with Gasteiger partial charge in [0.15, 0.2) is 5.84 Å². The fraction of sp³-hybridized carbons (Fsp3) is 0.500. The van der Waals surface area contributed by atoms with Crippen LogP contribution in [0.25, 0.3) is 11.0 Å². The fourth-order valence-electron chi connectivity index (χ4n) is 4.24. The number of nitrogens with one attached hydrogen (secondary N) is 1. The molecule has 1 amide bonds. The molecule has 3 rings (SSSR count). The van der Waals surface area contributed by atoms with Gasteiger partial charge in [0.2, 0.25) is 0 Å². The van der Waals surface area contributed by atoms with E-state index in [1.807, 2.05) is 42.3 Å². The van der Waals surface area contributed by atoms with Crippen molar-refractivity contribution in [1.82, 2.24) is 9.80 Å². The van der Waals surface area contributed by atoms with Gasteiger partial charge in [0.1, 0.15) is 11.3 Å². The summed E-state index contributed by atoms with van der Waals surface area (Å²) in [5, 5.41) is 9.31. The van der Waals surface area contributed by atoms with Crippen molar-refractivity contribution in [3.05, 3.63) is 47.9 Å². The third kappa shape index (κ3) is 4.36. The molecule has 1 aromatic heterocycles. The topological polar surface area (TPSA) is 72.9 Å². The van der Waals surface area contributed by atoms with Crippen LogP contribution < -0.4 is 0 Å². The first kappa shape index (κ1) is 23.8. The van der Waals surface area contributed by atoms with Crippen LogP contribution in [0.2, 0.25) is 0 Å². The molecule has 1 aliphatic heterocycles. The lowest BCUT2D eigenvalue weighted by molar-refractivity contribution is 0.00887. The molecule has 1 saturated heterocycles. The number of hydrogen-bond acceptors (Lipinski definition) is 4. The maximum absolute atomic E-state index is 13.6. The molecule has 1 N–H and O–H groups in total. The normalized spacial score (nSPS) is 20.3. The molecule has 2 aromatic rings. The maximum atomic E-state index is 13.6. The van der Waals surface area contributed by atoms with Gasteiger partial charge in [0.05, 0.1) is 16.8 Å². The Bertz CT molecular complexity index is 1050. The Labute approximate surface area is 191 Å². The number of furan rings is 1. The lowest BCUT2D eigenvalue weighted by Gasteiger charge is -2.53. The van der Waals surface area contributed by atoms with E-state index in [1.165, 1.54) is 0 Å². The molecule has 1 aliphatic rings. The number of fused-ring (bicyclic) bond motifs is 1. The van der Waals surface area contributed by atoms with Gasteiger partial charge >= 0.3 is 0 Å². The van der Waals surface area contributed by atoms with Crippen molar-refractivity contribution < 1.29 is 9.21 Å². The number of hydrogen-bond donors (Lipinski definition) is 1. The average molecular weight is 437 g/mol. The molecule has 1 aromatic carbocycles. The van der Waals surface area contributed by atoms with E-state index < -0.39 is 0 Å². The molecule has 172 valence electrons. The van der Waals surface area contributed by atoms with E-state index in [1.54, 1.807) is 0 Å². The first-order valence-corrected chi connectivity index (χ1v) is 11.5. The zero-order chi connectivity index (χ0) is 23.6. The summed E-state index contributed by atoms with van der Waals surface area (Å²) in [5.74, 6) is 1.39. The van der Waals surface area contributed by atoms with Crippen LogP contribution in [0.1, 0.15) is 57.2 Å². The smallest absolute Gasteiger partial charge is 0.258 e. The van der Waals surface area contributed by atoms with Crippen molar-refractivity contribution in [1.29, 1.82) is 5.41 Å². The number of para-hydroxylation sites is 1. The first-order valence-electron chi connectivity index (χ1n) is 11.5. The van der Waals surface area contributed by atoms with Gasteiger partial charge in [-0.2, -0.15) is 0 Å². The molecule has 2 unspecified atom stereocenters. The summed E-state index contributed by atoms with van der Waals surface area (Å²) in [6.07, 6.45) is 2.81. The molecular weight excluding hydrogens is 400 g/mol. The number of piperazine rings is 1. The minimum Gasteiger partial charge on any atom is -0.461 e. The highest BCUT2D eigenvalue weighted by Gasteiger charge is 2.43. The summed E-state index contributed by atoms with van der Waals surface area (Å²) >= 11 is 0. The molecule has 32 heavy (non-hydrogen) atoms. The number of nitrogens with zero attached hydrogens (tertiary/aromatic N) is 3. The SMILES string of the molecule is C=C(C(=N)N=CC(C)CC)N1CCN(C(=O)c2c(C)oc3ccccc23)CC1(C)C(C)C. The standard InChI is InChI=1S/C26H36N4O2/c1-8-18(4)15-28-24(27)19(5)30-14-13-29(16-26(30,7)17(2)3)25(31)23-20(6)32-22-12-10-9-11-21(22)23/h9-12,15,17-18,27H,5,8,13-14,16H2,1-4,6-7H3. The molecule has 0 bridgehead atoms. The third-order valence-corrected chi connectivity index (χ3v) is 6.94. The van der Waals surface area contributed by atoms with Crippen molar-refractivity contribution in [3.63, 3.8) is 0 Å². The van der Waals surface area contributed by atoms with E-state index in [4.69, 9.17) is 9.83 Å². The molecule has 2 atom stereocenters. The van der Waals surface area contributed by atoms with Gasteiger partial charge in [-0.05, 0) is 38.2 Å². The molecule has 0 radical (unpaired) electrons. The molecular formula is C26H36N4O2. The van der Waals surface area contributed by atoms with E-state index in [-0.39, 0.29) is 23.2 Å². The Morgan fingerprint density at radius 2 is 2.00 bits per heavy atom. The highest BCUT2D eigenvalue weighted by molar-refractivity contribution is 6.07. The zero-order valence-corrected chi connectivity index (χ0v) is 20.2. The molecule has 1 fully saturated rings. The summed E-state index contributed by atoms with van der Waals surface area (Å²) in [4.78, 5) is 22.0. The molecule has 0 saturated carbocycles. The summed E-state index contributed by atoms with van der Waals surface area (Å²) in [5.41, 5.74) is 1.62. The van der Waals surface area contributed by atoms with E-state index >= 15 is 0 Å². The molecule has 2 heterocycles. The number of amidine groups is 1. The Hall–Kier alpha value is -2.89. The molecule has 6 heteroatoms. The van der Waals surface area contributed by atoms with Gasteiger partial charge in [-0.15, -0.1) is 0 Å². The number of aryl methyl sites for hydroxylation is 1. The van der Waals surface area contributed by atoms with Crippen LogP contribution in [-0.4, -0.2) is 52.9 Å². The van der Waals surface area contributed by atoms with Crippen molar-refractivity contribution in [2.24, 2.45) is 16.8 Å². The van der Waals surface area contributed by atoms with Gasteiger partial charge in [-0.3, -0.25) is 10.2 Å². The number of carbonyl (C=O) groups is 1. The van der Waals surface area contributed by atoms with Gasteiger partial charge in [0.25, 0.3) is 5.91 Å². The lowest BCUT2D eigenvalue weighted by Crippen LogP contribution is -2.64. The van der Waals surface area contributed by atoms with E-state index in [0.29, 0.717) is 42.6 Å². The largest absolute Gasteiger partial charge is 0.461 e. The van der Waals surface area contributed by atoms with E-state index in [0.717, 1.165) is 17.4 Å². The van der Waals surface area contributed by atoms with Crippen LogP contribution in [0.4, 0.5) is 0 Å². The van der Waals surface area contributed by atoms with Gasteiger partial charge < -0.3 is 14.2 Å². The Kier molecular flexibility index (Phi) is 6.91. The zero-order valence-electron chi connectivity index (χ0n) is 20.2. The van der Waals surface area contributed by atoms with Crippen molar-refractivity contribution >= 4 is 28.9 Å². The van der Waals surface area contributed by atoms with Crippen LogP contribution in [0, 0.1) is 24.2 Å². The molecule has 6 nitrogen and oxygen atoms in total. The monoisotopic (exact) mass is 436 g/mol. The van der Waals surface area contributed by atoms with Crippen LogP contribution in [0.5, 0.6) is 0 Å². The summed E-state index contributed by atoms with van der Waals surface area (Å²) in [6.45, 7) is 18.4. The van der Waals surface area contributed by atoms with Crippen LogP contribution in [-0.2, 0) is 0 Å².